The number of hydrogen-bond donors (Lipinski definition) is 4. The maximum absolute atomic E-state index is 13.8. The first-order valence-corrected chi connectivity index (χ1v) is 12.2. The van der Waals surface area contributed by atoms with E-state index >= 15 is 0 Å². The van der Waals surface area contributed by atoms with Gasteiger partial charge < -0.3 is 10.4 Å². The molecular formula is C29H32F2N2O4. The van der Waals surface area contributed by atoms with Crippen LogP contribution in [0.4, 0.5) is 8.78 Å². The lowest BCUT2D eigenvalue weighted by atomic mass is 9.77. The van der Waals surface area contributed by atoms with Gasteiger partial charge in [-0.15, -0.1) is 0 Å². The maximum Gasteiger partial charge on any atom is 0.251 e. The number of unbranched alkanes of at least 4 members (excludes halogenated alkanes) is 3. The zero-order valence-electron chi connectivity index (χ0n) is 21.0. The molecule has 0 saturated carbocycles. The Hall–Kier alpha value is -3.62. The van der Waals surface area contributed by atoms with Gasteiger partial charge in [0.05, 0.1) is 0 Å². The van der Waals surface area contributed by atoms with E-state index in [4.69, 9.17) is 5.21 Å². The lowest BCUT2D eigenvalue weighted by Gasteiger charge is -2.33. The molecule has 3 rings (SSSR count). The number of aryl methyl sites for hydroxylation is 2. The van der Waals surface area contributed by atoms with Crippen molar-refractivity contribution in [2.75, 3.05) is 6.54 Å². The molecule has 8 heteroatoms. The minimum atomic E-state index is -1.70. The van der Waals surface area contributed by atoms with Crippen LogP contribution in [-0.4, -0.2) is 28.7 Å². The van der Waals surface area contributed by atoms with Gasteiger partial charge in [0.1, 0.15) is 17.2 Å². The van der Waals surface area contributed by atoms with Crippen molar-refractivity contribution in [2.24, 2.45) is 0 Å². The highest BCUT2D eigenvalue weighted by Crippen LogP contribution is 2.40. The molecule has 3 aromatic rings. The second-order valence-electron chi connectivity index (χ2n) is 9.16. The number of hydroxylamine groups is 1. The van der Waals surface area contributed by atoms with Crippen molar-refractivity contribution in [3.8, 4) is 0 Å². The van der Waals surface area contributed by atoms with Crippen LogP contribution in [0.2, 0.25) is 0 Å². The van der Waals surface area contributed by atoms with Crippen molar-refractivity contribution in [2.45, 2.75) is 51.6 Å². The van der Waals surface area contributed by atoms with Crippen LogP contribution in [0, 0.1) is 25.5 Å². The molecule has 3 aromatic carbocycles. The van der Waals surface area contributed by atoms with E-state index in [9.17, 15) is 23.5 Å². The van der Waals surface area contributed by atoms with Gasteiger partial charge in [-0.3, -0.25) is 14.8 Å². The number of amides is 2. The summed E-state index contributed by atoms with van der Waals surface area (Å²) in [5.74, 6) is -1.53. The molecule has 0 unspecified atom stereocenters. The standard InChI is InChI=1S/C29H32F2N2O4/c1-19-17-23(30)12-14-25(19)29(36,26-15-13-24(31)18-20(26)2)22-10-8-21(9-11-22)28(35)32-16-6-4-3-5-7-27(34)33-37/h8-15,17-18,36-37H,3-7,16H2,1-2H3,(H,32,35)(H,33,34). The van der Waals surface area contributed by atoms with Crippen molar-refractivity contribution in [1.82, 2.24) is 10.8 Å². The molecule has 0 fully saturated rings. The van der Waals surface area contributed by atoms with Gasteiger partial charge in [0.25, 0.3) is 5.91 Å². The molecule has 2 amide bonds. The molecule has 37 heavy (non-hydrogen) atoms. The van der Waals surface area contributed by atoms with E-state index in [-0.39, 0.29) is 12.3 Å². The zero-order valence-corrected chi connectivity index (χ0v) is 21.0. The average molecular weight is 511 g/mol. The number of rotatable bonds is 11. The molecule has 196 valence electrons. The normalized spacial score (nSPS) is 11.3. The number of carbonyl (C=O) groups is 2. The minimum absolute atomic E-state index is 0.259. The first-order valence-electron chi connectivity index (χ1n) is 12.2. The van der Waals surface area contributed by atoms with Crippen LogP contribution in [-0.2, 0) is 10.4 Å². The van der Waals surface area contributed by atoms with Crippen molar-refractivity contribution in [3.63, 3.8) is 0 Å². The van der Waals surface area contributed by atoms with E-state index in [1.165, 1.54) is 36.4 Å². The lowest BCUT2D eigenvalue weighted by Crippen LogP contribution is -2.31. The molecular weight excluding hydrogens is 478 g/mol. The molecule has 0 saturated heterocycles. The fraction of sp³-hybridized carbons (Fsp3) is 0.310. The highest BCUT2D eigenvalue weighted by molar-refractivity contribution is 5.94. The largest absolute Gasteiger partial charge is 0.376 e. The summed E-state index contributed by atoms with van der Waals surface area (Å²) in [7, 11) is 0. The summed E-state index contributed by atoms with van der Waals surface area (Å²) in [5.41, 5.74) is 2.75. The van der Waals surface area contributed by atoms with Crippen LogP contribution in [0.1, 0.15) is 70.3 Å². The number of aliphatic hydroxyl groups is 1. The topological polar surface area (TPSA) is 98.7 Å². The van der Waals surface area contributed by atoms with E-state index in [0.29, 0.717) is 46.3 Å². The van der Waals surface area contributed by atoms with E-state index < -0.39 is 23.1 Å². The number of carbonyl (C=O) groups excluding carboxylic acids is 2. The fourth-order valence-corrected chi connectivity index (χ4v) is 4.51. The maximum atomic E-state index is 13.8. The highest BCUT2D eigenvalue weighted by Gasteiger charge is 2.36. The van der Waals surface area contributed by atoms with Crippen LogP contribution in [0.3, 0.4) is 0 Å². The Morgan fingerprint density at radius 3 is 1.86 bits per heavy atom. The summed E-state index contributed by atoms with van der Waals surface area (Å²) in [6.07, 6.45) is 3.31. The smallest absolute Gasteiger partial charge is 0.251 e. The third-order valence-corrected chi connectivity index (χ3v) is 6.46. The molecule has 0 atom stereocenters. The van der Waals surface area contributed by atoms with Gasteiger partial charge in [0, 0.05) is 18.5 Å². The summed E-state index contributed by atoms with van der Waals surface area (Å²) in [5, 5.41) is 23.4. The number of halogens is 2. The molecule has 0 radical (unpaired) electrons. The molecule has 4 N–H and O–H groups in total. The van der Waals surface area contributed by atoms with Crippen molar-refractivity contribution in [3.05, 3.63) is 106 Å². The molecule has 0 bridgehead atoms. The first kappa shape index (κ1) is 28.0. The van der Waals surface area contributed by atoms with Crippen molar-refractivity contribution >= 4 is 11.8 Å². The second-order valence-corrected chi connectivity index (χ2v) is 9.16. The molecule has 0 heterocycles. The van der Waals surface area contributed by atoms with Crippen molar-refractivity contribution in [1.29, 1.82) is 0 Å². The van der Waals surface area contributed by atoms with Crippen LogP contribution in [0.25, 0.3) is 0 Å². The summed E-state index contributed by atoms with van der Waals surface area (Å²) < 4.78 is 27.7. The third kappa shape index (κ3) is 6.78. The molecule has 0 spiro atoms. The second kappa shape index (κ2) is 12.6. The predicted molar refractivity (Wildman–Crippen MR) is 136 cm³/mol. The summed E-state index contributed by atoms with van der Waals surface area (Å²) in [6.45, 7) is 3.87. The van der Waals surface area contributed by atoms with Gasteiger partial charge >= 0.3 is 0 Å². The van der Waals surface area contributed by atoms with Gasteiger partial charge in [0.2, 0.25) is 5.91 Å². The Bertz CT molecular complexity index is 1190. The van der Waals surface area contributed by atoms with Gasteiger partial charge in [-0.1, -0.05) is 37.1 Å². The molecule has 0 aromatic heterocycles. The quantitative estimate of drug-likeness (QED) is 0.126. The summed E-state index contributed by atoms with van der Waals surface area (Å²) in [6, 6.07) is 14.8. The van der Waals surface area contributed by atoms with Crippen LogP contribution >= 0.6 is 0 Å². The van der Waals surface area contributed by atoms with Gasteiger partial charge in [-0.25, -0.2) is 14.3 Å². The Labute approximate surface area is 215 Å². The van der Waals surface area contributed by atoms with E-state index in [0.717, 1.165) is 19.3 Å². The molecule has 0 aliphatic carbocycles. The zero-order chi connectivity index (χ0) is 27.0. The van der Waals surface area contributed by atoms with Crippen molar-refractivity contribution < 1.29 is 28.7 Å². The van der Waals surface area contributed by atoms with E-state index in [1.807, 2.05) is 0 Å². The van der Waals surface area contributed by atoms with E-state index in [2.05, 4.69) is 5.32 Å². The lowest BCUT2D eigenvalue weighted by molar-refractivity contribution is -0.129. The number of nitrogens with one attached hydrogen (secondary N) is 2. The average Bonchev–Trinajstić information content (AvgIpc) is 2.87. The summed E-state index contributed by atoms with van der Waals surface area (Å²) >= 11 is 0. The Kier molecular flexibility index (Phi) is 9.49. The minimum Gasteiger partial charge on any atom is -0.376 e. The van der Waals surface area contributed by atoms with Gasteiger partial charge in [-0.2, -0.15) is 0 Å². The van der Waals surface area contributed by atoms with Crippen LogP contribution < -0.4 is 10.8 Å². The Balaban J connectivity index is 1.76. The Morgan fingerprint density at radius 1 is 0.811 bits per heavy atom. The van der Waals surface area contributed by atoms with Crippen LogP contribution in [0.15, 0.2) is 60.7 Å². The molecule has 0 aliphatic rings. The number of benzene rings is 3. The number of hydrogen-bond acceptors (Lipinski definition) is 4. The molecule has 6 nitrogen and oxygen atoms in total. The first-order chi connectivity index (χ1) is 17.7. The highest BCUT2D eigenvalue weighted by atomic mass is 19.1. The fourth-order valence-electron chi connectivity index (χ4n) is 4.51. The van der Waals surface area contributed by atoms with Crippen LogP contribution in [0.5, 0.6) is 0 Å². The van der Waals surface area contributed by atoms with Gasteiger partial charge in [-0.05, 0) is 90.9 Å². The predicted octanol–water partition coefficient (Wildman–Crippen LogP) is 5.05. The SMILES string of the molecule is Cc1cc(F)ccc1C(O)(c1ccc(C(=O)NCCCCCCC(=O)NO)cc1)c1ccc(F)cc1C. The third-order valence-electron chi connectivity index (χ3n) is 6.46. The van der Waals surface area contributed by atoms with Gasteiger partial charge in [0.15, 0.2) is 0 Å². The van der Waals surface area contributed by atoms with E-state index in [1.54, 1.807) is 43.6 Å². The molecule has 0 aliphatic heterocycles. The summed E-state index contributed by atoms with van der Waals surface area (Å²) in [4.78, 5) is 23.6. The monoisotopic (exact) mass is 510 g/mol. The Morgan fingerprint density at radius 2 is 1.35 bits per heavy atom.